The number of rotatable bonds is 8. The molecule has 0 N–H and O–H groups in total. The Hall–Kier alpha value is -5.48. The highest BCUT2D eigenvalue weighted by molar-refractivity contribution is 5.91. The molecule has 1 aliphatic heterocycles. The molecule has 5 aromatic rings. The molecule has 1 aliphatic rings. The van der Waals surface area contributed by atoms with Crippen molar-refractivity contribution in [2.45, 2.75) is 30.8 Å². The van der Waals surface area contributed by atoms with Gasteiger partial charge in [-0.3, -0.25) is 0 Å². The van der Waals surface area contributed by atoms with Crippen LogP contribution in [0, 0.1) is 0 Å². The van der Waals surface area contributed by atoms with Gasteiger partial charge >= 0.3 is 17.9 Å². The second-order valence-corrected chi connectivity index (χ2v) is 10.4. The number of carbonyl (C=O) groups excluding carboxylic acids is 3. The zero-order valence-electron chi connectivity index (χ0n) is 23.6. The van der Waals surface area contributed by atoms with Gasteiger partial charge in [0.2, 0.25) is 0 Å². The Morgan fingerprint density at radius 1 is 0.727 bits per heavy atom. The monoisotopic (exact) mass is 589 g/mol. The molecule has 44 heavy (non-hydrogen) atoms. The van der Waals surface area contributed by atoms with E-state index in [1.54, 1.807) is 116 Å². The van der Waals surface area contributed by atoms with E-state index in [1.165, 1.54) is 0 Å². The minimum atomic E-state index is -1.48. The summed E-state index contributed by atoms with van der Waals surface area (Å²) in [5.74, 6) is -1.80. The Morgan fingerprint density at radius 3 is 1.91 bits per heavy atom. The summed E-state index contributed by atoms with van der Waals surface area (Å²) in [4.78, 5) is 53.1. The van der Waals surface area contributed by atoms with Crippen molar-refractivity contribution >= 4 is 28.9 Å². The maximum Gasteiger partial charge on any atom is 0.338 e. The first-order valence-electron chi connectivity index (χ1n) is 13.9. The number of esters is 3. The third kappa shape index (κ3) is 6.02. The fourth-order valence-corrected chi connectivity index (χ4v) is 4.97. The molecule has 10 heteroatoms. The minimum Gasteiger partial charge on any atom is -0.459 e. The number of hydrogen-bond acceptors (Lipinski definition) is 10. The van der Waals surface area contributed by atoms with Crippen LogP contribution < -0.4 is 0 Å². The van der Waals surface area contributed by atoms with Crippen molar-refractivity contribution < 1.29 is 33.3 Å². The predicted octanol–water partition coefficient (Wildman–Crippen LogP) is 5.16. The summed E-state index contributed by atoms with van der Waals surface area (Å²) in [5.41, 5.74) is -0.192. The molecule has 0 aliphatic carbocycles. The van der Waals surface area contributed by atoms with Crippen molar-refractivity contribution in [2.24, 2.45) is 0 Å². The number of fused-ring (bicyclic) bond motifs is 1. The van der Waals surface area contributed by atoms with E-state index in [1.807, 2.05) is 6.07 Å². The van der Waals surface area contributed by atoms with Gasteiger partial charge in [-0.25, -0.2) is 29.3 Å². The van der Waals surface area contributed by atoms with Crippen molar-refractivity contribution in [2.75, 3.05) is 6.61 Å². The molecule has 0 unspecified atom stereocenters. The molecule has 1 saturated heterocycles. The first kappa shape index (κ1) is 28.6. The molecule has 0 saturated carbocycles. The van der Waals surface area contributed by atoms with E-state index in [2.05, 4.69) is 15.0 Å². The van der Waals surface area contributed by atoms with E-state index in [0.717, 1.165) is 0 Å². The Bertz CT molecular complexity index is 1790. The van der Waals surface area contributed by atoms with Crippen LogP contribution in [-0.4, -0.2) is 57.3 Å². The highest BCUT2D eigenvalue weighted by Crippen LogP contribution is 2.43. The number of ether oxygens (including phenoxy) is 4. The molecule has 0 amide bonds. The predicted molar refractivity (Wildman–Crippen MR) is 158 cm³/mol. The van der Waals surface area contributed by atoms with Crippen LogP contribution in [0.25, 0.3) is 11.0 Å². The fraction of sp³-hybridized carbons (Fsp3) is 0.176. The largest absolute Gasteiger partial charge is 0.459 e. The smallest absolute Gasteiger partial charge is 0.338 e. The van der Waals surface area contributed by atoms with Gasteiger partial charge in [0.15, 0.2) is 29.8 Å². The van der Waals surface area contributed by atoms with Crippen molar-refractivity contribution in [3.8, 4) is 0 Å². The van der Waals surface area contributed by atoms with Gasteiger partial charge in [0, 0.05) is 17.8 Å². The van der Waals surface area contributed by atoms with Crippen molar-refractivity contribution in [1.82, 2.24) is 15.0 Å². The van der Waals surface area contributed by atoms with E-state index in [4.69, 9.17) is 18.9 Å². The lowest BCUT2D eigenvalue weighted by molar-refractivity contribution is -0.108. The number of carbonyl (C=O) groups is 3. The van der Waals surface area contributed by atoms with Gasteiger partial charge < -0.3 is 18.9 Å². The minimum absolute atomic E-state index is 0.154. The Kier molecular flexibility index (Phi) is 8.07. The molecular formula is C34H27N3O7. The van der Waals surface area contributed by atoms with Crippen LogP contribution in [0.5, 0.6) is 0 Å². The van der Waals surface area contributed by atoms with Crippen molar-refractivity contribution in [3.63, 3.8) is 0 Å². The van der Waals surface area contributed by atoms with E-state index < -0.39 is 41.8 Å². The summed E-state index contributed by atoms with van der Waals surface area (Å²) in [5, 5.41) is 0.693. The summed E-state index contributed by atoms with van der Waals surface area (Å²) in [7, 11) is 0. The number of pyridine rings is 1. The van der Waals surface area contributed by atoms with Crippen LogP contribution in [0.2, 0.25) is 0 Å². The highest BCUT2D eigenvalue weighted by Gasteiger charge is 2.59. The summed E-state index contributed by atoms with van der Waals surface area (Å²) in [6.45, 7) is 1.28. The normalized spacial score (nSPS) is 21.0. The third-order valence-electron chi connectivity index (χ3n) is 7.22. The zero-order valence-corrected chi connectivity index (χ0v) is 23.6. The zero-order chi connectivity index (χ0) is 30.5. The number of benzene rings is 3. The maximum absolute atomic E-state index is 13.4. The average Bonchev–Trinajstić information content (AvgIpc) is 3.35. The number of hydrogen-bond donors (Lipinski definition) is 0. The van der Waals surface area contributed by atoms with Crippen LogP contribution in [0.1, 0.15) is 49.9 Å². The molecule has 0 spiro atoms. The van der Waals surface area contributed by atoms with Crippen LogP contribution >= 0.6 is 0 Å². The summed E-state index contributed by atoms with van der Waals surface area (Å²) in [6, 6.07) is 28.8. The average molecular weight is 590 g/mol. The van der Waals surface area contributed by atoms with Crippen LogP contribution in [0.3, 0.4) is 0 Å². The Balaban J connectivity index is 1.39. The lowest BCUT2D eigenvalue weighted by atomic mass is 9.96. The molecule has 0 bridgehead atoms. The highest BCUT2D eigenvalue weighted by atomic mass is 16.7. The summed E-state index contributed by atoms with van der Waals surface area (Å²) in [6.07, 6.45) is -0.390. The van der Waals surface area contributed by atoms with Gasteiger partial charge in [-0.15, -0.1) is 0 Å². The van der Waals surface area contributed by atoms with Gasteiger partial charge in [0.1, 0.15) is 12.2 Å². The Labute approximate surface area is 252 Å². The van der Waals surface area contributed by atoms with Gasteiger partial charge in [-0.05, 0) is 55.5 Å². The van der Waals surface area contributed by atoms with Crippen LogP contribution in [0.15, 0.2) is 116 Å². The van der Waals surface area contributed by atoms with Crippen molar-refractivity contribution in [1.29, 1.82) is 0 Å². The van der Waals surface area contributed by atoms with E-state index in [0.29, 0.717) is 16.6 Å². The summed E-state index contributed by atoms with van der Waals surface area (Å²) < 4.78 is 24.2. The van der Waals surface area contributed by atoms with Gasteiger partial charge in [-0.2, -0.15) is 0 Å². The fourth-order valence-electron chi connectivity index (χ4n) is 4.97. The molecule has 1 fully saturated rings. The second kappa shape index (κ2) is 12.4. The van der Waals surface area contributed by atoms with Crippen LogP contribution in [0.4, 0.5) is 0 Å². The lowest BCUT2D eigenvalue weighted by Crippen LogP contribution is -2.48. The SMILES string of the molecule is C[C@]1(COC(=O)c2ccccc2)O[C@@H](c2ncc3cccnc3n2)[C@H](OC(=O)c2ccccc2)[C@@H]1OC(=O)c1ccccc1. The van der Waals surface area contributed by atoms with Gasteiger partial charge in [0.05, 0.1) is 16.7 Å². The Morgan fingerprint density at radius 2 is 1.30 bits per heavy atom. The van der Waals surface area contributed by atoms with E-state index in [-0.39, 0.29) is 23.6 Å². The molecule has 4 atom stereocenters. The van der Waals surface area contributed by atoms with Gasteiger partial charge in [0.25, 0.3) is 0 Å². The second-order valence-electron chi connectivity index (χ2n) is 10.4. The topological polar surface area (TPSA) is 127 Å². The third-order valence-corrected chi connectivity index (χ3v) is 7.22. The molecule has 6 rings (SSSR count). The quantitative estimate of drug-likeness (QED) is 0.177. The molecule has 220 valence electrons. The molecule has 3 heterocycles. The molecule has 3 aromatic carbocycles. The lowest BCUT2D eigenvalue weighted by Gasteiger charge is -2.30. The molecule has 2 aromatic heterocycles. The standard InChI is InChI=1S/C34H27N3O7/c1-34(21-41-31(38)22-12-5-2-6-13-22)28(43-33(40)24-16-9-4-10-17-24)26(42-32(39)23-14-7-3-8-15-23)27(44-34)30-36-20-25-18-11-19-35-29(25)37-30/h2-20,26-28H,21H2,1H3/t26-,27+,28-,34+/m0/s1. The van der Waals surface area contributed by atoms with E-state index in [9.17, 15) is 14.4 Å². The molecule has 10 nitrogen and oxygen atoms in total. The van der Waals surface area contributed by atoms with Gasteiger partial charge in [-0.1, -0.05) is 54.6 Å². The summed E-state index contributed by atoms with van der Waals surface area (Å²) >= 11 is 0. The first-order valence-corrected chi connectivity index (χ1v) is 13.9. The molecular weight excluding hydrogens is 562 g/mol. The van der Waals surface area contributed by atoms with E-state index >= 15 is 0 Å². The number of nitrogens with zero attached hydrogens (tertiary/aromatic N) is 3. The van der Waals surface area contributed by atoms with Crippen LogP contribution in [-0.2, 0) is 18.9 Å². The number of aromatic nitrogens is 3. The van der Waals surface area contributed by atoms with Crippen molar-refractivity contribution in [3.05, 3.63) is 138 Å². The maximum atomic E-state index is 13.4. The molecule has 0 radical (unpaired) electrons. The first-order chi connectivity index (χ1) is 21.4.